The highest BCUT2D eigenvalue weighted by molar-refractivity contribution is 7.12. The number of carbonyl (C=O) groups is 1. The van der Waals surface area contributed by atoms with Gasteiger partial charge in [0.1, 0.15) is 0 Å². The molecule has 1 aliphatic heterocycles. The number of thiophene rings is 1. The van der Waals surface area contributed by atoms with E-state index in [0.29, 0.717) is 6.42 Å². The van der Waals surface area contributed by atoms with Crippen LogP contribution in [0.1, 0.15) is 39.9 Å². The summed E-state index contributed by atoms with van der Waals surface area (Å²) in [5, 5.41) is 4.46. The predicted molar refractivity (Wildman–Crippen MR) is 90.9 cm³/mol. The monoisotopic (exact) mass is 333 g/mol. The molecule has 3 heterocycles. The second kappa shape index (κ2) is 6.35. The maximum atomic E-state index is 12.8. The number of amides is 1. The third kappa shape index (κ3) is 3.00. The van der Waals surface area contributed by atoms with E-state index in [1.165, 1.54) is 4.88 Å². The molecule has 23 heavy (non-hydrogen) atoms. The Morgan fingerprint density at radius 2 is 2.22 bits per heavy atom. The zero-order valence-corrected chi connectivity index (χ0v) is 14.9. The molecule has 1 saturated heterocycles. The highest BCUT2D eigenvalue weighted by Crippen LogP contribution is 2.39. The van der Waals surface area contributed by atoms with E-state index in [0.717, 1.165) is 41.4 Å². The minimum Gasteiger partial charge on any atom is -0.481 e. The van der Waals surface area contributed by atoms with Gasteiger partial charge in [-0.1, -0.05) is 0 Å². The Morgan fingerprint density at radius 1 is 1.43 bits per heavy atom. The molecule has 124 valence electrons. The van der Waals surface area contributed by atoms with E-state index in [1.54, 1.807) is 23.1 Å². The fourth-order valence-corrected chi connectivity index (χ4v) is 4.36. The minimum atomic E-state index is 0.0761. The van der Waals surface area contributed by atoms with E-state index < -0.39 is 0 Å². The summed E-state index contributed by atoms with van der Waals surface area (Å²) in [6.45, 7) is 4.87. The van der Waals surface area contributed by atoms with Gasteiger partial charge in [-0.05, 0) is 38.8 Å². The van der Waals surface area contributed by atoms with E-state index in [2.05, 4.69) is 24.2 Å². The summed E-state index contributed by atoms with van der Waals surface area (Å²) >= 11 is 1.70. The van der Waals surface area contributed by atoms with Crippen molar-refractivity contribution in [2.75, 3.05) is 13.7 Å². The van der Waals surface area contributed by atoms with Gasteiger partial charge < -0.3 is 9.64 Å². The molecule has 0 bridgehead atoms. The van der Waals surface area contributed by atoms with Crippen LogP contribution in [0.5, 0.6) is 5.88 Å². The first-order valence-electron chi connectivity index (χ1n) is 7.93. The van der Waals surface area contributed by atoms with Gasteiger partial charge in [0.15, 0.2) is 0 Å². The van der Waals surface area contributed by atoms with Crippen molar-refractivity contribution >= 4 is 17.2 Å². The summed E-state index contributed by atoms with van der Waals surface area (Å²) in [6, 6.07) is 4.20. The highest BCUT2D eigenvalue weighted by atomic mass is 32.1. The van der Waals surface area contributed by atoms with E-state index in [-0.39, 0.29) is 11.9 Å². The SMILES string of the molecule is COc1c([C@H]2CCCN2C(=O)Cc2ccc(C)s2)c(C)nn1C. The molecule has 0 radical (unpaired) electrons. The summed E-state index contributed by atoms with van der Waals surface area (Å²) in [4.78, 5) is 17.2. The lowest BCUT2D eigenvalue weighted by atomic mass is 10.0. The van der Waals surface area contributed by atoms with Crippen LogP contribution >= 0.6 is 11.3 Å². The molecule has 0 unspecified atom stereocenters. The Balaban J connectivity index is 1.84. The van der Waals surface area contributed by atoms with Crippen molar-refractivity contribution in [3.63, 3.8) is 0 Å². The molecule has 0 spiro atoms. The Hall–Kier alpha value is -1.82. The number of methoxy groups -OCH3 is 1. The number of carbonyl (C=O) groups excluding carboxylic acids is 1. The van der Waals surface area contributed by atoms with Crippen LogP contribution in [0.2, 0.25) is 0 Å². The highest BCUT2D eigenvalue weighted by Gasteiger charge is 2.34. The van der Waals surface area contributed by atoms with E-state index in [4.69, 9.17) is 4.74 Å². The molecule has 2 aromatic rings. The van der Waals surface area contributed by atoms with Crippen molar-refractivity contribution < 1.29 is 9.53 Å². The number of rotatable bonds is 4. The molecule has 2 aromatic heterocycles. The summed E-state index contributed by atoms with van der Waals surface area (Å²) in [6.07, 6.45) is 2.48. The maximum absolute atomic E-state index is 12.8. The van der Waals surface area contributed by atoms with Crippen LogP contribution in [0.3, 0.4) is 0 Å². The molecule has 1 aliphatic rings. The first kappa shape index (κ1) is 16.1. The second-order valence-electron chi connectivity index (χ2n) is 6.07. The van der Waals surface area contributed by atoms with Gasteiger partial charge >= 0.3 is 0 Å². The van der Waals surface area contributed by atoms with Crippen LogP contribution < -0.4 is 4.74 Å². The molecular formula is C17H23N3O2S. The van der Waals surface area contributed by atoms with Crippen LogP contribution in [0.15, 0.2) is 12.1 Å². The van der Waals surface area contributed by atoms with E-state index in [9.17, 15) is 4.79 Å². The molecule has 1 amide bonds. The van der Waals surface area contributed by atoms with Crippen LogP contribution in [0, 0.1) is 13.8 Å². The standard InChI is InChI=1S/C17H23N3O2S/c1-11-7-8-13(23-11)10-15(21)20-9-5-6-14(20)16-12(2)18-19(3)17(16)22-4/h7-8,14H,5-6,9-10H2,1-4H3/t14-/m1/s1. The lowest BCUT2D eigenvalue weighted by molar-refractivity contribution is -0.131. The Labute approximate surface area is 140 Å². The predicted octanol–water partition coefficient (Wildman–Crippen LogP) is 3.01. The van der Waals surface area contributed by atoms with Crippen molar-refractivity contribution in [2.45, 2.75) is 39.2 Å². The van der Waals surface area contributed by atoms with Gasteiger partial charge in [0.2, 0.25) is 11.8 Å². The quantitative estimate of drug-likeness (QED) is 0.864. The van der Waals surface area contributed by atoms with Gasteiger partial charge in [-0.15, -0.1) is 11.3 Å². The average Bonchev–Trinajstić information content (AvgIpc) is 3.18. The second-order valence-corrected chi connectivity index (χ2v) is 7.44. The van der Waals surface area contributed by atoms with Gasteiger partial charge in [0.25, 0.3) is 0 Å². The molecular weight excluding hydrogens is 310 g/mol. The van der Waals surface area contributed by atoms with Crippen molar-refractivity contribution in [1.82, 2.24) is 14.7 Å². The maximum Gasteiger partial charge on any atom is 0.228 e. The van der Waals surface area contributed by atoms with Crippen LogP contribution in [0.25, 0.3) is 0 Å². The van der Waals surface area contributed by atoms with E-state index >= 15 is 0 Å². The molecule has 3 rings (SSSR count). The Morgan fingerprint density at radius 3 is 2.87 bits per heavy atom. The molecule has 0 aromatic carbocycles. The number of ether oxygens (including phenoxy) is 1. The lowest BCUT2D eigenvalue weighted by Crippen LogP contribution is -2.32. The third-order valence-corrected chi connectivity index (χ3v) is 5.44. The summed E-state index contributed by atoms with van der Waals surface area (Å²) < 4.78 is 7.28. The molecule has 0 aliphatic carbocycles. The third-order valence-electron chi connectivity index (χ3n) is 4.44. The number of aryl methyl sites for hydroxylation is 3. The van der Waals surface area contributed by atoms with Crippen LogP contribution in [0.4, 0.5) is 0 Å². The normalized spacial score (nSPS) is 17.7. The van der Waals surface area contributed by atoms with Gasteiger partial charge in [-0.25, -0.2) is 4.68 Å². The number of hydrogen-bond acceptors (Lipinski definition) is 4. The number of hydrogen-bond donors (Lipinski definition) is 0. The molecule has 0 saturated carbocycles. The smallest absolute Gasteiger partial charge is 0.228 e. The zero-order chi connectivity index (χ0) is 16.6. The molecule has 6 heteroatoms. The molecule has 5 nitrogen and oxygen atoms in total. The van der Waals surface area contributed by atoms with Gasteiger partial charge in [-0.2, -0.15) is 5.10 Å². The minimum absolute atomic E-state index is 0.0761. The molecule has 1 fully saturated rings. The molecule has 0 N–H and O–H groups in total. The van der Waals surface area contributed by atoms with Gasteiger partial charge in [0, 0.05) is 23.3 Å². The van der Waals surface area contributed by atoms with E-state index in [1.807, 2.05) is 18.9 Å². The topological polar surface area (TPSA) is 47.4 Å². The van der Waals surface area contributed by atoms with Crippen molar-refractivity contribution in [3.05, 3.63) is 33.1 Å². The van der Waals surface area contributed by atoms with Crippen molar-refractivity contribution in [3.8, 4) is 5.88 Å². The fourth-order valence-electron chi connectivity index (χ4n) is 3.48. The first-order valence-corrected chi connectivity index (χ1v) is 8.75. The largest absolute Gasteiger partial charge is 0.481 e. The van der Waals surface area contributed by atoms with Crippen LogP contribution in [-0.4, -0.2) is 34.2 Å². The molecule has 1 atom stereocenters. The number of likely N-dealkylation sites (tertiary alicyclic amines) is 1. The summed E-state index contributed by atoms with van der Waals surface area (Å²) in [7, 11) is 3.54. The van der Waals surface area contributed by atoms with Crippen molar-refractivity contribution in [1.29, 1.82) is 0 Å². The first-order chi connectivity index (χ1) is 11.0. The van der Waals surface area contributed by atoms with Crippen molar-refractivity contribution in [2.24, 2.45) is 7.05 Å². The summed E-state index contributed by atoms with van der Waals surface area (Å²) in [5.74, 6) is 0.957. The number of nitrogens with zero attached hydrogens (tertiary/aromatic N) is 3. The lowest BCUT2D eigenvalue weighted by Gasteiger charge is -2.25. The van der Waals surface area contributed by atoms with Gasteiger partial charge in [-0.3, -0.25) is 4.79 Å². The van der Waals surface area contributed by atoms with Crippen LogP contribution in [-0.2, 0) is 18.3 Å². The Kier molecular flexibility index (Phi) is 4.43. The zero-order valence-electron chi connectivity index (χ0n) is 14.1. The average molecular weight is 333 g/mol. The fraction of sp³-hybridized carbons (Fsp3) is 0.529. The summed E-state index contributed by atoms with van der Waals surface area (Å²) in [5.41, 5.74) is 2.00. The van der Waals surface area contributed by atoms with Gasteiger partial charge in [0.05, 0.1) is 30.8 Å². The Bertz CT molecular complexity index is 719. The number of aromatic nitrogens is 2.